The minimum Gasteiger partial charge on any atom is -0.478 e. The lowest BCUT2D eigenvalue weighted by Crippen LogP contribution is -2.36. The molecule has 1 aliphatic carbocycles. The van der Waals surface area contributed by atoms with Crippen LogP contribution in [0.3, 0.4) is 0 Å². The van der Waals surface area contributed by atoms with Gasteiger partial charge in [0, 0.05) is 42.7 Å². The Morgan fingerprint density at radius 2 is 2.20 bits per heavy atom. The standard InChI is InChI=1S/C15H18N2O3/c1-10(11-3-4-11)17(2)15(20)13-7-8-16-9-12(13)5-6-14(18)19/h5-11H,3-4H2,1-2H3,(H,18,19). The van der Waals surface area contributed by atoms with Gasteiger partial charge in [-0.1, -0.05) is 0 Å². The number of carboxylic acid groups (broad SMARTS) is 1. The van der Waals surface area contributed by atoms with Crippen LogP contribution in [0.4, 0.5) is 0 Å². The topological polar surface area (TPSA) is 70.5 Å². The number of carbonyl (C=O) groups is 2. The first-order chi connectivity index (χ1) is 9.50. The molecule has 0 aromatic carbocycles. The summed E-state index contributed by atoms with van der Waals surface area (Å²) < 4.78 is 0. The highest BCUT2D eigenvalue weighted by Gasteiger charge is 2.33. The molecule has 1 aromatic heterocycles. The monoisotopic (exact) mass is 274 g/mol. The van der Waals surface area contributed by atoms with Crippen molar-refractivity contribution >= 4 is 18.0 Å². The minimum atomic E-state index is -1.05. The molecule has 0 aliphatic heterocycles. The first-order valence-electron chi connectivity index (χ1n) is 6.63. The van der Waals surface area contributed by atoms with Crippen molar-refractivity contribution in [2.75, 3.05) is 7.05 Å². The highest BCUT2D eigenvalue weighted by molar-refractivity contribution is 5.98. The number of pyridine rings is 1. The summed E-state index contributed by atoms with van der Waals surface area (Å²) >= 11 is 0. The highest BCUT2D eigenvalue weighted by atomic mass is 16.4. The van der Waals surface area contributed by atoms with Gasteiger partial charge in [-0.05, 0) is 37.8 Å². The van der Waals surface area contributed by atoms with Crippen molar-refractivity contribution in [1.29, 1.82) is 0 Å². The van der Waals surface area contributed by atoms with E-state index in [1.54, 1.807) is 24.2 Å². The smallest absolute Gasteiger partial charge is 0.328 e. The van der Waals surface area contributed by atoms with Gasteiger partial charge in [-0.25, -0.2) is 4.79 Å². The molecule has 0 spiro atoms. The fourth-order valence-corrected chi connectivity index (χ4v) is 2.17. The molecule has 1 heterocycles. The number of carbonyl (C=O) groups excluding carboxylic acids is 1. The molecular formula is C15H18N2O3. The Hall–Kier alpha value is -2.17. The van der Waals surface area contributed by atoms with Crippen molar-refractivity contribution in [3.8, 4) is 0 Å². The molecule has 2 rings (SSSR count). The average molecular weight is 274 g/mol. The minimum absolute atomic E-state index is 0.100. The summed E-state index contributed by atoms with van der Waals surface area (Å²) in [5, 5.41) is 8.68. The largest absolute Gasteiger partial charge is 0.478 e. The molecule has 20 heavy (non-hydrogen) atoms. The Bertz CT molecular complexity index is 550. The van der Waals surface area contributed by atoms with Gasteiger partial charge in [0.1, 0.15) is 0 Å². The second-order valence-electron chi connectivity index (χ2n) is 5.13. The predicted octanol–water partition coefficient (Wildman–Crippen LogP) is 2.05. The van der Waals surface area contributed by atoms with Crippen LogP contribution < -0.4 is 0 Å². The van der Waals surface area contributed by atoms with Gasteiger partial charge in [0.15, 0.2) is 0 Å². The molecule has 1 atom stereocenters. The molecule has 1 amide bonds. The van der Waals surface area contributed by atoms with Crippen LogP contribution in [0.5, 0.6) is 0 Å². The number of aromatic nitrogens is 1. The van der Waals surface area contributed by atoms with E-state index in [1.165, 1.54) is 25.1 Å². The van der Waals surface area contributed by atoms with Crippen LogP contribution in [0.25, 0.3) is 6.08 Å². The molecule has 0 bridgehead atoms. The maximum Gasteiger partial charge on any atom is 0.328 e. The Morgan fingerprint density at radius 1 is 1.50 bits per heavy atom. The van der Waals surface area contributed by atoms with Gasteiger partial charge in [-0.2, -0.15) is 0 Å². The van der Waals surface area contributed by atoms with E-state index in [1.807, 2.05) is 6.92 Å². The van der Waals surface area contributed by atoms with Crippen LogP contribution in [0.15, 0.2) is 24.5 Å². The van der Waals surface area contributed by atoms with Crippen molar-refractivity contribution < 1.29 is 14.7 Å². The lowest BCUT2D eigenvalue weighted by Gasteiger charge is -2.25. The quantitative estimate of drug-likeness (QED) is 0.834. The molecule has 0 radical (unpaired) electrons. The van der Waals surface area contributed by atoms with Crippen molar-refractivity contribution in [3.63, 3.8) is 0 Å². The second kappa shape index (κ2) is 5.86. The van der Waals surface area contributed by atoms with E-state index in [0.29, 0.717) is 17.0 Å². The first-order valence-corrected chi connectivity index (χ1v) is 6.63. The molecule has 5 nitrogen and oxygen atoms in total. The number of hydrogen-bond acceptors (Lipinski definition) is 3. The normalized spacial score (nSPS) is 16.1. The van der Waals surface area contributed by atoms with Crippen LogP contribution in [-0.2, 0) is 4.79 Å². The first kappa shape index (κ1) is 14.2. The van der Waals surface area contributed by atoms with Crippen molar-refractivity contribution in [2.45, 2.75) is 25.8 Å². The zero-order chi connectivity index (χ0) is 14.7. The SMILES string of the molecule is CC(C1CC1)N(C)C(=O)c1ccncc1C=CC(=O)O. The Kier molecular flexibility index (Phi) is 4.17. The fraction of sp³-hybridized carbons (Fsp3) is 0.400. The lowest BCUT2D eigenvalue weighted by atomic mass is 10.1. The Balaban J connectivity index is 2.22. The fourth-order valence-electron chi connectivity index (χ4n) is 2.17. The van der Waals surface area contributed by atoms with E-state index < -0.39 is 5.97 Å². The summed E-state index contributed by atoms with van der Waals surface area (Å²) in [6.45, 7) is 2.05. The predicted molar refractivity (Wildman–Crippen MR) is 75.2 cm³/mol. The third-order valence-corrected chi connectivity index (χ3v) is 3.72. The molecule has 1 aromatic rings. The van der Waals surface area contributed by atoms with E-state index in [0.717, 1.165) is 6.08 Å². The second-order valence-corrected chi connectivity index (χ2v) is 5.13. The molecule has 106 valence electrons. The van der Waals surface area contributed by atoms with Crippen LogP contribution in [-0.4, -0.2) is 40.0 Å². The van der Waals surface area contributed by atoms with Crippen LogP contribution in [0.1, 0.15) is 35.7 Å². The summed E-state index contributed by atoms with van der Waals surface area (Å²) in [7, 11) is 1.79. The van der Waals surface area contributed by atoms with Crippen LogP contribution >= 0.6 is 0 Å². The molecule has 1 N–H and O–H groups in total. The molecule has 1 saturated carbocycles. The third kappa shape index (κ3) is 3.23. The molecule has 0 saturated heterocycles. The zero-order valence-corrected chi connectivity index (χ0v) is 11.6. The van der Waals surface area contributed by atoms with Crippen molar-refractivity contribution in [3.05, 3.63) is 35.7 Å². The summed E-state index contributed by atoms with van der Waals surface area (Å²) in [6, 6.07) is 1.83. The number of hydrogen-bond donors (Lipinski definition) is 1. The maximum atomic E-state index is 12.5. The van der Waals surface area contributed by atoms with Crippen LogP contribution in [0, 0.1) is 5.92 Å². The van der Waals surface area contributed by atoms with Gasteiger partial charge in [-0.15, -0.1) is 0 Å². The zero-order valence-electron chi connectivity index (χ0n) is 11.6. The number of aliphatic carboxylic acids is 1. The van der Waals surface area contributed by atoms with Crippen molar-refractivity contribution in [2.24, 2.45) is 5.92 Å². The summed E-state index contributed by atoms with van der Waals surface area (Å²) in [5.74, 6) is -0.562. The number of carboxylic acids is 1. The van der Waals surface area contributed by atoms with Gasteiger partial charge in [0.05, 0.1) is 0 Å². The maximum absolute atomic E-state index is 12.5. The van der Waals surface area contributed by atoms with E-state index in [4.69, 9.17) is 5.11 Å². The lowest BCUT2D eigenvalue weighted by molar-refractivity contribution is -0.131. The van der Waals surface area contributed by atoms with E-state index in [2.05, 4.69) is 4.98 Å². The number of amides is 1. The average Bonchev–Trinajstić information content (AvgIpc) is 3.27. The van der Waals surface area contributed by atoms with E-state index >= 15 is 0 Å². The van der Waals surface area contributed by atoms with E-state index in [-0.39, 0.29) is 11.9 Å². The molecule has 1 aliphatic rings. The van der Waals surface area contributed by atoms with E-state index in [9.17, 15) is 9.59 Å². The summed E-state index contributed by atoms with van der Waals surface area (Å²) in [5.41, 5.74) is 1.00. The van der Waals surface area contributed by atoms with Gasteiger partial charge < -0.3 is 10.0 Å². The molecule has 1 unspecified atom stereocenters. The Labute approximate surface area is 117 Å². The van der Waals surface area contributed by atoms with Crippen LogP contribution in [0.2, 0.25) is 0 Å². The van der Waals surface area contributed by atoms with Gasteiger partial charge in [0.25, 0.3) is 5.91 Å². The molecular weight excluding hydrogens is 256 g/mol. The highest BCUT2D eigenvalue weighted by Crippen LogP contribution is 2.35. The van der Waals surface area contributed by atoms with Gasteiger partial charge in [0.2, 0.25) is 0 Å². The molecule has 1 fully saturated rings. The number of nitrogens with zero attached hydrogens (tertiary/aromatic N) is 2. The van der Waals surface area contributed by atoms with Crippen molar-refractivity contribution in [1.82, 2.24) is 9.88 Å². The van der Waals surface area contributed by atoms with Gasteiger partial charge >= 0.3 is 5.97 Å². The Morgan fingerprint density at radius 3 is 2.80 bits per heavy atom. The third-order valence-electron chi connectivity index (χ3n) is 3.72. The number of rotatable bonds is 5. The molecule has 5 heteroatoms. The summed E-state index contributed by atoms with van der Waals surface area (Å²) in [6.07, 6.45) is 7.79. The summed E-state index contributed by atoms with van der Waals surface area (Å²) in [4.78, 5) is 28.8. The van der Waals surface area contributed by atoms with Gasteiger partial charge in [-0.3, -0.25) is 9.78 Å².